The second kappa shape index (κ2) is 7.09. The minimum absolute atomic E-state index is 0.00324. The van der Waals surface area contributed by atoms with E-state index in [0.717, 1.165) is 0 Å². The minimum Gasteiger partial charge on any atom is -0.478 e. The number of aliphatic hydroxyl groups is 1. The Morgan fingerprint density at radius 3 is 2.50 bits per heavy atom. The molecule has 6 nitrogen and oxygen atoms in total. The maximum atomic E-state index is 11.9. The maximum Gasteiger partial charge on any atom is 0.339 e. The number of carbonyl (C=O) groups excluding carboxylic acids is 1. The van der Waals surface area contributed by atoms with E-state index in [4.69, 9.17) is 9.52 Å². The van der Waals surface area contributed by atoms with E-state index in [2.05, 4.69) is 5.32 Å². The predicted molar refractivity (Wildman–Crippen MR) is 72.8 cm³/mol. The number of hydrogen-bond acceptors (Lipinski definition) is 4. The van der Waals surface area contributed by atoms with Crippen LogP contribution >= 0.6 is 0 Å². The van der Waals surface area contributed by atoms with Gasteiger partial charge in [-0.15, -0.1) is 0 Å². The number of carboxylic acid groups (broad SMARTS) is 1. The van der Waals surface area contributed by atoms with Crippen LogP contribution in [0.25, 0.3) is 0 Å². The van der Waals surface area contributed by atoms with Gasteiger partial charge in [0.15, 0.2) is 5.76 Å². The smallest absolute Gasteiger partial charge is 0.339 e. The van der Waals surface area contributed by atoms with Crippen molar-refractivity contribution in [3.63, 3.8) is 0 Å². The number of aliphatic hydroxyl groups excluding tert-OH is 1. The maximum absolute atomic E-state index is 11.9. The van der Waals surface area contributed by atoms with Crippen molar-refractivity contribution in [1.82, 2.24) is 5.32 Å². The topological polar surface area (TPSA) is 99.8 Å². The molecule has 0 aromatic carbocycles. The monoisotopic (exact) mass is 283 g/mol. The summed E-state index contributed by atoms with van der Waals surface area (Å²) in [6.45, 7) is 5.76. The van der Waals surface area contributed by atoms with Crippen LogP contribution in [0, 0.1) is 5.92 Å². The molecular formula is C14H21NO5. The molecule has 0 bridgehead atoms. The number of carbonyl (C=O) groups is 2. The van der Waals surface area contributed by atoms with Gasteiger partial charge in [-0.3, -0.25) is 4.79 Å². The van der Waals surface area contributed by atoms with Gasteiger partial charge in [0.1, 0.15) is 11.3 Å². The molecule has 1 aromatic rings. The van der Waals surface area contributed by atoms with Crippen molar-refractivity contribution < 1.29 is 24.2 Å². The van der Waals surface area contributed by atoms with Gasteiger partial charge in [-0.05, 0) is 19.3 Å². The highest BCUT2D eigenvalue weighted by atomic mass is 16.4. The Morgan fingerprint density at radius 2 is 2.05 bits per heavy atom. The normalized spacial score (nSPS) is 13.8. The van der Waals surface area contributed by atoms with Gasteiger partial charge in [0.25, 0.3) is 5.91 Å². The average molecular weight is 283 g/mol. The van der Waals surface area contributed by atoms with Gasteiger partial charge >= 0.3 is 5.97 Å². The van der Waals surface area contributed by atoms with Crippen LogP contribution < -0.4 is 5.32 Å². The van der Waals surface area contributed by atoms with Crippen LogP contribution in [-0.2, 0) is 6.42 Å². The molecule has 6 heteroatoms. The van der Waals surface area contributed by atoms with Crippen LogP contribution in [0.4, 0.5) is 0 Å². The van der Waals surface area contributed by atoms with E-state index in [1.165, 1.54) is 6.07 Å². The van der Waals surface area contributed by atoms with Gasteiger partial charge in [0, 0.05) is 19.0 Å². The number of carboxylic acids is 1. The predicted octanol–water partition coefficient (Wildman–Crippen LogP) is 1.68. The molecule has 0 aliphatic rings. The van der Waals surface area contributed by atoms with Gasteiger partial charge in [0.05, 0.1) is 6.10 Å². The van der Waals surface area contributed by atoms with Crippen molar-refractivity contribution in [2.45, 2.75) is 39.7 Å². The molecule has 0 aliphatic heterocycles. The van der Waals surface area contributed by atoms with Gasteiger partial charge in [0.2, 0.25) is 0 Å². The van der Waals surface area contributed by atoms with Crippen molar-refractivity contribution in [1.29, 1.82) is 0 Å². The number of aryl methyl sites for hydroxylation is 1. The first kappa shape index (κ1) is 16.2. The molecule has 112 valence electrons. The Morgan fingerprint density at radius 1 is 1.40 bits per heavy atom. The van der Waals surface area contributed by atoms with E-state index in [1.807, 2.05) is 6.92 Å². The zero-order chi connectivity index (χ0) is 15.3. The fraction of sp³-hybridized carbons (Fsp3) is 0.571. The summed E-state index contributed by atoms with van der Waals surface area (Å²) >= 11 is 0. The van der Waals surface area contributed by atoms with Crippen molar-refractivity contribution in [2.75, 3.05) is 6.54 Å². The highest BCUT2D eigenvalue weighted by molar-refractivity contribution is 5.96. The van der Waals surface area contributed by atoms with Gasteiger partial charge in [-0.2, -0.15) is 0 Å². The molecule has 2 atom stereocenters. The second-order valence-corrected chi connectivity index (χ2v) is 5.01. The van der Waals surface area contributed by atoms with Crippen molar-refractivity contribution >= 4 is 11.9 Å². The number of rotatable bonds is 7. The third-order valence-corrected chi connectivity index (χ3v) is 2.94. The first-order chi connectivity index (χ1) is 9.35. The lowest BCUT2D eigenvalue weighted by Gasteiger charge is -2.13. The SMILES string of the molecule is CCc1oc(C(=O)NCC(C)CC(C)O)cc1C(=O)O. The lowest BCUT2D eigenvalue weighted by atomic mass is 10.0. The first-order valence-corrected chi connectivity index (χ1v) is 6.67. The third-order valence-electron chi connectivity index (χ3n) is 2.94. The lowest BCUT2D eigenvalue weighted by Crippen LogP contribution is -2.29. The fourth-order valence-corrected chi connectivity index (χ4v) is 2.00. The van der Waals surface area contributed by atoms with E-state index < -0.39 is 18.0 Å². The quantitative estimate of drug-likeness (QED) is 0.707. The molecule has 0 aliphatic carbocycles. The Bertz CT molecular complexity index is 478. The Balaban J connectivity index is 2.66. The van der Waals surface area contributed by atoms with Gasteiger partial charge < -0.3 is 19.9 Å². The molecule has 2 unspecified atom stereocenters. The fourth-order valence-electron chi connectivity index (χ4n) is 2.00. The van der Waals surface area contributed by atoms with Crippen LogP contribution in [-0.4, -0.2) is 34.7 Å². The molecule has 0 spiro atoms. The summed E-state index contributed by atoms with van der Waals surface area (Å²) in [5, 5.41) is 20.9. The molecule has 20 heavy (non-hydrogen) atoms. The van der Waals surface area contributed by atoms with Crippen LogP contribution in [0.5, 0.6) is 0 Å². The second-order valence-electron chi connectivity index (χ2n) is 5.01. The summed E-state index contributed by atoms with van der Waals surface area (Å²) in [5.41, 5.74) is 0.0229. The molecule has 3 N–H and O–H groups in total. The molecule has 1 heterocycles. The molecule has 0 fully saturated rings. The number of nitrogens with one attached hydrogen (secondary N) is 1. The molecule has 1 rings (SSSR count). The van der Waals surface area contributed by atoms with E-state index in [0.29, 0.717) is 25.1 Å². The number of furan rings is 1. The number of aromatic carboxylic acids is 1. The largest absolute Gasteiger partial charge is 0.478 e. The highest BCUT2D eigenvalue weighted by Gasteiger charge is 2.20. The summed E-state index contributed by atoms with van der Waals surface area (Å²) in [5.74, 6) is -1.13. The third kappa shape index (κ3) is 4.38. The van der Waals surface area contributed by atoms with Crippen molar-refractivity contribution in [3.05, 3.63) is 23.2 Å². The van der Waals surface area contributed by atoms with Crippen LogP contribution in [0.15, 0.2) is 10.5 Å². The zero-order valence-electron chi connectivity index (χ0n) is 12.0. The Hall–Kier alpha value is -1.82. The summed E-state index contributed by atoms with van der Waals surface area (Å²) in [6.07, 6.45) is 0.572. The van der Waals surface area contributed by atoms with Crippen LogP contribution in [0.1, 0.15) is 53.9 Å². The van der Waals surface area contributed by atoms with Gasteiger partial charge in [-0.1, -0.05) is 13.8 Å². The standard InChI is InChI=1S/C14H21NO5/c1-4-11-10(14(18)19)6-12(20-11)13(17)15-7-8(2)5-9(3)16/h6,8-9,16H,4-5,7H2,1-3H3,(H,15,17)(H,18,19). The lowest BCUT2D eigenvalue weighted by molar-refractivity contribution is 0.0694. The van der Waals surface area contributed by atoms with E-state index in [-0.39, 0.29) is 17.2 Å². The highest BCUT2D eigenvalue weighted by Crippen LogP contribution is 2.16. The molecule has 0 saturated carbocycles. The van der Waals surface area contributed by atoms with Crippen LogP contribution in [0.3, 0.4) is 0 Å². The number of hydrogen-bond donors (Lipinski definition) is 3. The van der Waals surface area contributed by atoms with Crippen molar-refractivity contribution in [2.24, 2.45) is 5.92 Å². The minimum atomic E-state index is -1.10. The van der Waals surface area contributed by atoms with E-state index in [9.17, 15) is 14.7 Å². The Kier molecular flexibility index (Phi) is 5.76. The first-order valence-electron chi connectivity index (χ1n) is 6.67. The van der Waals surface area contributed by atoms with E-state index in [1.54, 1.807) is 13.8 Å². The zero-order valence-corrected chi connectivity index (χ0v) is 12.0. The molecule has 1 aromatic heterocycles. The molecular weight excluding hydrogens is 262 g/mol. The Labute approximate surface area is 117 Å². The summed E-state index contributed by atoms with van der Waals surface area (Å²) in [7, 11) is 0. The molecule has 0 saturated heterocycles. The van der Waals surface area contributed by atoms with Crippen LogP contribution in [0.2, 0.25) is 0 Å². The average Bonchev–Trinajstić information content (AvgIpc) is 2.79. The summed E-state index contributed by atoms with van der Waals surface area (Å²) in [6, 6.07) is 1.25. The van der Waals surface area contributed by atoms with Crippen molar-refractivity contribution in [3.8, 4) is 0 Å². The van der Waals surface area contributed by atoms with Gasteiger partial charge in [-0.25, -0.2) is 4.79 Å². The number of amides is 1. The molecule has 1 amide bonds. The molecule has 0 radical (unpaired) electrons. The summed E-state index contributed by atoms with van der Waals surface area (Å²) in [4.78, 5) is 22.9. The van der Waals surface area contributed by atoms with E-state index >= 15 is 0 Å². The summed E-state index contributed by atoms with van der Waals surface area (Å²) < 4.78 is 5.26.